The highest BCUT2D eigenvalue weighted by Gasteiger charge is 2.06. The first-order valence-corrected chi connectivity index (χ1v) is 5.40. The first kappa shape index (κ1) is 12.1. The van der Waals surface area contributed by atoms with Crippen molar-refractivity contribution in [3.8, 4) is 0 Å². The summed E-state index contributed by atoms with van der Waals surface area (Å²) in [7, 11) is 0. The van der Waals surface area contributed by atoms with Crippen molar-refractivity contribution in [3.05, 3.63) is 34.9 Å². The predicted octanol–water partition coefficient (Wildman–Crippen LogP) is 3.54. The van der Waals surface area contributed by atoms with Crippen LogP contribution in [-0.2, 0) is 4.74 Å². The Morgan fingerprint density at radius 1 is 1.33 bits per heavy atom. The molecule has 0 aliphatic rings. The fraction of sp³-hybridized carbons (Fsp3) is 0.417. The van der Waals surface area contributed by atoms with E-state index in [1.165, 1.54) is 0 Å². The lowest BCUT2D eigenvalue weighted by Gasteiger charge is -2.06. The molecular formula is C12H15ClO2. The number of benzene rings is 1. The second-order valence-corrected chi connectivity index (χ2v) is 4.26. The minimum Gasteiger partial charge on any atom is -0.462 e. The first-order chi connectivity index (χ1) is 7.09. The maximum absolute atomic E-state index is 11.5. The van der Waals surface area contributed by atoms with Crippen molar-refractivity contribution in [2.24, 2.45) is 5.92 Å². The van der Waals surface area contributed by atoms with Crippen molar-refractivity contribution < 1.29 is 9.53 Å². The lowest BCUT2D eigenvalue weighted by atomic mass is 10.1. The number of carbonyl (C=O) groups is 1. The third kappa shape index (κ3) is 4.34. The fourth-order valence-electron chi connectivity index (χ4n) is 1.06. The van der Waals surface area contributed by atoms with E-state index in [0.717, 1.165) is 6.42 Å². The third-order valence-electron chi connectivity index (χ3n) is 2.01. The molecule has 0 fully saturated rings. The molecule has 0 saturated carbocycles. The van der Waals surface area contributed by atoms with Crippen LogP contribution >= 0.6 is 11.6 Å². The van der Waals surface area contributed by atoms with Gasteiger partial charge in [0.15, 0.2) is 0 Å². The molecule has 1 aromatic carbocycles. The second-order valence-electron chi connectivity index (χ2n) is 3.83. The van der Waals surface area contributed by atoms with Crippen LogP contribution in [0.15, 0.2) is 24.3 Å². The number of rotatable bonds is 4. The Balaban J connectivity index is 2.43. The van der Waals surface area contributed by atoms with Crippen LogP contribution in [0.1, 0.15) is 30.6 Å². The van der Waals surface area contributed by atoms with Crippen molar-refractivity contribution in [1.82, 2.24) is 0 Å². The van der Waals surface area contributed by atoms with Crippen molar-refractivity contribution in [3.63, 3.8) is 0 Å². The van der Waals surface area contributed by atoms with Gasteiger partial charge in [0.05, 0.1) is 12.2 Å². The lowest BCUT2D eigenvalue weighted by Crippen LogP contribution is -2.07. The average molecular weight is 227 g/mol. The van der Waals surface area contributed by atoms with Gasteiger partial charge in [-0.05, 0) is 36.6 Å². The zero-order valence-electron chi connectivity index (χ0n) is 9.00. The Morgan fingerprint density at radius 2 is 1.93 bits per heavy atom. The highest BCUT2D eigenvalue weighted by molar-refractivity contribution is 6.30. The summed E-state index contributed by atoms with van der Waals surface area (Å²) in [6.07, 6.45) is 0.888. The Hall–Kier alpha value is -1.02. The Labute approximate surface area is 95.2 Å². The SMILES string of the molecule is CC(C)CCOC(=O)c1ccc(Cl)cc1. The minimum absolute atomic E-state index is 0.285. The molecule has 0 N–H and O–H groups in total. The molecule has 1 aromatic rings. The highest BCUT2D eigenvalue weighted by atomic mass is 35.5. The standard InChI is InChI=1S/C12H15ClO2/c1-9(2)7-8-15-12(14)10-3-5-11(13)6-4-10/h3-6,9H,7-8H2,1-2H3. The largest absolute Gasteiger partial charge is 0.462 e. The molecule has 0 heterocycles. The molecule has 2 nitrogen and oxygen atoms in total. The van der Waals surface area contributed by atoms with Crippen LogP contribution in [-0.4, -0.2) is 12.6 Å². The monoisotopic (exact) mass is 226 g/mol. The van der Waals surface area contributed by atoms with Crippen LogP contribution in [0.3, 0.4) is 0 Å². The van der Waals surface area contributed by atoms with Gasteiger partial charge in [0, 0.05) is 5.02 Å². The summed E-state index contributed by atoms with van der Waals surface area (Å²) in [6.45, 7) is 4.66. The number of hydrogen-bond acceptors (Lipinski definition) is 2. The van der Waals surface area contributed by atoms with Crippen LogP contribution in [0.4, 0.5) is 0 Å². The molecule has 0 amide bonds. The van der Waals surface area contributed by atoms with E-state index in [0.29, 0.717) is 23.1 Å². The van der Waals surface area contributed by atoms with Gasteiger partial charge >= 0.3 is 5.97 Å². The predicted molar refractivity (Wildman–Crippen MR) is 61.2 cm³/mol. The summed E-state index contributed by atoms with van der Waals surface area (Å²) in [6, 6.07) is 6.70. The molecule has 82 valence electrons. The summed E-state index contributed by atoms with van der Waals surface area (Å²) in [5.41, 5.74) is 0.545. The molecule has 0 atom stereocenters. The molecule has 0 aliphatic heterocycles. The van der Waals surface area contributed by atoms with E-state index < -0.39 is 0 Å². The van der Waals surface area contributed by atoms with Crippen molar-refractivity contribution in [2.45, 2.75) is 20.3 Å². The smallest absolute Gasteiger partial charge is 0.338 e. The van der Waals surface area contributed by atoms with Crippen molar-refractivity contribution >= 4 is 17.6 Å². The van der Waals surface area contributed by atoms with E-state index >= 15 is 0 Å². The van der Waals surface area contributed by atoms with Gasteiger partial charge in [0.1, 0.15) is 0 Å². The third-order valence-corrected chi connectivity index (χ3v) is 2.26. The topological polar surface area (TPSA) is 26.3 Å². The Bertz CT molecular complexity index is 317. The van der Waals surface area contributed by atoms with E-state index in [9.17, 15) is 4.79 Å². The van der Waals surface area contributed by atoms with Gasteiger partial charge in [-0.25, -0.2) is 4.79 Å². The number of hydrogen-bond donors (Lipinski definition) is 0. The van der Waals surface area contributed by atoms with Crippen LogP contribution in [0.5, 0.6) is 0 Å². The summed E-state index contributed by atoms with van der Waals surface area (Å²) < 4.78 is 5.10. The molecule has 0 unspecified atom stereocenters. The summed E-state index contributed by atoms with van der Waals surface area (Å²) in [5, 5.41) is 0.619. The summed E-state index contributed by atoms with van der Waals surface area (Å²) in [5.74, 6) is 0.260. The number of carbonyl (C=O) groups excluding carboxylic acids is 1. The average Bonchev–Trinajstić information content (AvgIpc) is 2.18. The van der Waals surface area contributed by atoms with E-state index in [1.807, 2.05) is 0 Å². The highest BCUT2D eigenvalue weighted by Crippen LogP contribution is 2.10. The zero-order chi connectivity index (χ0) is 11.3. The first-order valence-electron chi connectivity index (χ1n) is 5.02. The van der Waals surface area contributed by atoms with Gasteiger partial charge in [-0.2, -0.15) is 0 Å². The van der Waals surface area contributed by atoms with Gasteiger partial charge < -0.3 is 4.74 Å². The maximum atomic E-state index is 11.5. The number of halogens is 1. The zero-order valence-corrected chi connectivity index (χ0v) is 9.75. The van der Waals surface area contributed by atoms with E-state index in [4.69, 9.17) is 16.3 Å². The minimum atomic E-state index is -0.285. The quantitative estimate of drug-likeness (QED) is 0.734. The maximum Gasteiger partial charge on any atom is 0.338 e. The molecule has 0 aromatic heterocycles. The van der Waals surface area contributed by atoms with Gasteiger partial charge in [0.2, 0.25) is 0 Å². The lowest BCUT2D eigenvalue weighted by molar-refractivity contribution is 0.0488. The van der Waals surface area contributed by atoms with E-state index in [1.54, 1.807) is 24.3 Å². The van der Waals surface area contributed by atoms with Gasteiger partial charge in [0.25, 0.3) is 0 Å². The van der Waals surface area contributed by atoms with Crippen molar-refractivity contribution in [2.75, 3.05) is 6.61 Å². The Morgan fingerprint density at radius 3 is 2.47 bits per heavy atom. The molecule has 0 bridgehead atoms. The molecule has 0 saturated heterocycles. The number of ether oxygens (including phenoxy) is 1. The molecule has 0 aliphatic carbocycles. The van der Waals surface area contributed by atoms with Gasteiger partial charge in [-0.15, -0.1) is 0 Å². The fourth-order valence-corrected chi connectivity index (χ4v) is 1.18. The Kier molecular flexibility index (Phi) is 4.63. The number of esters is 1. The van der Waals surface area contributed by atoms with Crippen LogP contribution < -0.4 is 0 Å². The van der Waals surface area contributed by atoms with E-state index in [-0.39, 0.29) is 5.97 Å². The summed E-state index contributed by atoms with van der Waals surface area (Å²) >= 11 is 5.71. The molecular weight excluding hydrogens is 212 g/mol. The molecule has 0 radical (unpaired) electrons. The van der Waals surface area contributed by atoms with Gasteiger partial charge in [-0.3, -0.25) is 0 Å². The van der Waals surface area contributed by atoms with E-state index in [2.05, 4.69) is 13.8 Å². The molecule has 15 heavy (non-hydrogen) atoms. The summed E-state index contributed by atoms with van der Waals surface area (Å²) in [4.78, 5) is 11.5. The van der Waals surface area contributed by atoms with Crippen LogP contribution in [0.25, 0.3) is 0 Å². The van der Waals surface area contributed by atoms with Crippen LogP contribution in [0, 0.1) is 5.92 Å². The van der Waals surface area contributed by atoms with Crippen molar-refractivity contribution in [1.29, 1.82) is 0 Å². The second kappa shape index (κ2) is 5.76. The molecule has 0 spiro atoms. The molecule has 1 rings (SSSR count). The van der Waals surface area contributed by atoms with Gasteiger partial charge in [-0.1, -0.05) is 25.4 Å². The van der Waals surface area contributed by atoms with Crippen LogP contribution in [0.2, 0.25) is 5.02 Å². The normalized spacial score (nSPS) is 10.4. The molecule has 3 heteroatoms.